The van der Waals surface area contributed by atoms with Gasteiger partial charge in [-0.15, -0.1) is 5.10 Å². The second-order valence-corrected chi connectivity index (χ2v) is 4.07. The van der Waals surface area contributed by atoms with Gasteiger partial charge in [-0.1, -0.05) is 29.5 Å². The van der Waals surface area contributed by atoms with Gasteiger partial charge in [-0.3, -0.25) is 4.68 Å². The molecule has 2 rings (SSSR count). The lowest BCUT2D eigenvalue weighted by molar-refractivity contribution is 0.151. The first-order valence-corrected chi connectivity index (χ1v) is 5.47. The molecule has 1 N–H and O–H groups in total. The summed E-state index contributed by atoms with van der Waals surface area (Å²) in [5.41, 5.74) is 1.19. The van der Waals surface area contributed by atoms with Crippen molar-refractivity contribution < 1.29 is 13.9 Å². The highest BCUT2D eigenvalue weighted by Crippen LogP contribution is 2.22. The first-order chi connectivity index (χ1) is 8.56. The Labute approximate surface area is 103 Å². The van der Waals surface area contributed by atoms with Crippen LogP contribution in [0.25, 0.3) is 0 Å². The van der Waals surface area contributed by atoms with Gasteiger partial charge in [-0.25, -0.2) is 8.78 Å². The number of nitrogens with zero attached hydrogens (tertiary/aromatic N) is 3. The molecule has 18 heavy (non-hydrogen) atoms. The van der Waals surface area contributed by atoms with Crippen LogP contribution in [0.15, 0.2) is 30.5 Å². The summed E-state index contributed by atoms with van der Waals surface area (Å²) in [6.45, 7) is 0. The van der Waals surface area contributed by atoms with Gasteiger partial charge < -0.3 is 5.11 Å². The third kappa shape index (κ3) is 2.89. The van der Waals surface area contributed by atoms with Gasteiger partial charge in [0.05, 0.1) is 11.8 Å². The summed E-state index contributed by atoms with van der Waals surface area (Å²) in [7, 11) is 1.74. The summed E-state index contributed by atoms with van der Waals surface area (Å²) in [4.78, 5) is 0. The van der Waals surface area contributed by atoms with E-state index in [-0.39, 0.29) is 5.56 Å². The second kappa shape index (κ2) is 5.22. The van der Waals surface area contributed by atoms with Crippen LogP contribution in [0, 0.1) is 0 Å². The van der Waals surface area contributed by atoms with Crippen molar-refractivity contribution in [3.8, 4) is 0 Å². The van der Waals surface area contributed by atoms with E-state index in [0.29, 0.717) is 17.7 Å². The van der Waals surface area contributed by atoms with Crippen LogP contribution < -0.4 is 0 Å². The Hall–Kier alpha value is -1.82. The molecule has 0 aliphatic heterocycles. The maximum absolute atomic E-state index is 12.4. The lowest BCUT2D eigenvalue weighted by Crippen LogP contribution is -2.02. The van der Waals surface area contributed by atoms with E-state index < -0.39 is 12.5 Å². The average Bonchev–Trinajstić information content (AvgIpc) is 2.75. The minimum atomic E-state index is -2.49. The lowest BCUT2D eigenvalue weighted by Gasteiger charge is -2.09. The van der Waals surface area contributed by atoms with Gasteiger partial charge in [-0.2, -0.15) is 0 Å². The van der Waals surface area contributed by atoms with Gasteiger partial charge in [0.15, 0.2) is 0 Å². The molecule has 0 bridgehead atoms. The first kappa shape index (κ1) is 12.6. The number of hydrogen-bond donors (Lipinski definition) is 1. The maximum atomic E-state index is 12.4. The molecule has 0 radical (unpaired) electrons. The number of alkyl halides is 2. The fourth-order valence-corrected chi connectivity index (χ4v) is 1.67. The Kier molecular flexibility index (Phi) is 3.66. The van der Waals surface area contributed by atoms with Crippen LogP contribution in [0.5, 0.6) is 0 Å². The molecule has 2 aromatic rings. The van der Waals surface area contributed by atoms with Gasteiger partial charge in [0.1, 0.15) is 0 Å². The van der Waals surface area contributed by atoms with Crippen LogP contribution in [0.3, 0.4) is 0 Å². The Balaban J connectivity index is 2.06. The van der Waals surface area contributed by atoms with Gasteiger partial charge in [-0.05, 0) is 5.56 Å². The summed E-state index contributed by atoms with van der Waals surface area (Å²) in [6, 6.07) is 5.64. The number of rotatable bonds is 4. The maximum Gasteiger partial charge on any atom is 0.263 e. The Morgan fingerprint density at radius 1 is 1.22 bits per heavy atom. The molecular weight excluding hydrogens is 240 g/mol. The molecule has 96 valence electrons. The molecule has 0 amide bonds. The van der Waals surface area contributed by atoms with Crippen LogP contribution in [0.2, 0.25) is 0 Å². The molecule has 0 saturated heterocycles. The number of aryl methyl sites for hydroxylation is 1. The van der Waals surface area contributed by atoms with Crippen molar-refractivity contribution in [1.29, 1.82) is 0 Å². The van der Waals surface area contributed by atoms with Crippen molar-refractivity contribution >= 4 is 0 Å². The summed E-state index contributed by atoms with van der Waals surface area (Å²) in [5, 5.41) is 17.6. The lowest BCUT2D eigenvalue weighted by atomic mass is 10.0. The minimum absolute atomic E-state index is 0.0505. The smallest absolute Gasteiger partial charge is 0.263 e. The molecular formula is C12H13F2N3O. The molecule has 4 nitrogen and oxygen atoms in total. The molecule has 0 saturated carbocycles. The first-order valence-electron chi connectivity index (χ1n) is 5.47. The number of halogens is 2. The van der Waals surface area contributed by atoms with Crippen LogP contribution in [-0.4, -0.2) is 20.1 Å². The molecule has 0 aliphatic carbocycles. The third-order valence-electron chi connectivity index (χ3n) is 2.63. The standard InChI is InChI=1S/C12H13F2N3O/c1-17-7-10(15-16-17)6-11(18)8-2-4-9(5-3-8)12(13)14/h2-5,7,11-12,18H,6H2,1H3. The second-order valence-electron chi connectivity index (χ2n) is 4.07. The Morgan fingerprint density at radius 3 is 2.33 bits per heavy atom. The van der Waals surface area contributed by atoms with Crippen LogP contribution in [0.1, 0.15) is 29.4 Å². The normalized spacial score (nSPS) is 12.9. The van der Waals surface area contributed by atoms with E-state index in [0.717, 1.165) is 0 Å². The molecule has 1 unspecified atom stereocenters. The fourth-order valence-electron chi connectivity index (χ4n) is 1.67. The molecule has 1 heterocycles. The molecule has 0 spiro atoms. The van der Waals surface area contributed by atoms with Crippen molar-refractivity contribution in [1.82, 2.24) is 15.0 Å². The highest BCUT2D eigenvalue weighted by atomic mass is 19.3. The van der Waals surface area contributed by atoms with Gasteiger partial charge in [0.25, 0.3) is 6.43 Å². The number of aromatic nitrogens is 3. The zero-order valence-electron chi connectivity index (χ0n) is 9.79. The van der Waals surface area contributed by atoms with Crippen molar-refractivity contribution in [2.45, 2.75) is 19.0 Å². The SMILES string of the molecule is Cn1cc(CC(O)c2ccc(C(F)F)cc2)nn1. The van der Waals surface area contributed by atoms with E-state index in [9.17, 15) is 13.9 Å². The van der Waals surface area contributed by atoms with Gasteiger partial charge >= 0.3 is 0 Å². The van der Waals surface area contributed by atoms with Crippen molar-refractivity contribution in [2.75, 3.05) is 0 Å². The van der Waals surface area contributed by atoms with Crippen LogP contribution in [-0.2, 0) is 13.5 Å². The molecule has 1 atom stereocenters. The summed E-state index contributed by atoms with van der Waals surface area (Å²) >= 11 is 0. The van der Waals surface area contributed by atoms with E-state index in [2.05, 4.69) is 10.3 Å². The molecule has 0 aliphatic rings. The van der Waals surface area contributed by atoms with E-state index in [1.165, 1.54) is 24.3 Å². The highest BCUT2D eigenvalue weighted by Gasteiger charge is 2.12. The van der Waals surface area contributed by atoms with Crippen molar-refractivity contribution in [3.05, 3.63) is 47.3 Å². The van der Waals surface area contributed by atoms with Crippen LogP contribution >= 0.6 is 0 Å². The number of aliphatic hydroxyl groups is 1. The fraction of sp³-hybridized carbons (Fsp3) is 0.333. The largest absolute Gasteiger partial charge is 0.388 e. The minimum Gasteiger partial charge on any atom is -0.388 e. The van der Waals surface area contributed by atoms with E-state index in [1.54, 1.807) is 17.9 Å². The zero-order valence-corrected chi connectivity index (χ0v) is 9.79. The molecule has 1 aromatic heterocycles. The summed E-state index contributed by atoms with van der Waals surface area (Å²) in [5.74, 6) is 0. The van der Waals surface area contributed by atoms with E-state index in [4.69, 9.17) is 0 Å². The topological polar surface area (TPSA) is 50.9 Å². The van der Waals surface area contributed by atoms with Crippen LogP contribution in [0.4, 0.5) is 8.78 Å². The van der Waals surface area contributed by atoms with Crippen molar-refractivity contribution in [3.63, 3.8) is 0 Å². The Bertz CT molecular complexity index is 510. The van der Waals surface area contributed by atoms with Gasteiger partial charge in [0.2, 0.25) is 0 Å². The summed E-state index contributed by atoms with van der Waals surface area (Å²) < 4.78 is 26.3. The Morgan fingerprint density at radius 2 is 1.83 bits per heavy atom. The van der Waals surface area contributed by atoms with E-state index >= 15 is 0 Å². The highest BCUT2D eigenvalue weighted by molar-refractivity contribution is 5.25. The molecule has 0 fully saturated rings. The predicted octanol–water partition coefficient (Wildman–Crippen LogP) is 2.03. The third-order valence-corrected chi connectivity index (χ3v) is 2.63. The summed E-state index contributed by atoms with van der Waals surface area (Å²) in [6.07, 6.45) is -1.25. The number of benzene rings is 1. The predicted molar refractivity (Wildman–Crippen MR) is 61.1 cm³/mol. The average molecular weight is 253 g/mol. The molecule has 6 heteroatoms. The van der Waals surface area contributed by atoms with Crippen molar-refractivity contribution in [2.24, 2.45) is 7.05 Å². The number of aliphatic hydroxyl groups excluding tert-OH is 1. The van der Waals surface area contributed by atoms with E-state index in [1.807, 2.05) is 0 Å². The quantitative estimate of drug-likeness (QED) is 0.907. The number of hydrogen-bond acceptors (Lipinski definition) is 3. The molecule has 1 aromatic carbocycles. The monoisotopic (exact) mass is 253 g/mol. The zero-order chi connectivity index (χ0) is 13.1. The van der Waals surface area contributed by atoms with Gasteiger partial charge in [0, 0.05) is 25.2 Å².